The third-order valence-electron chi connectivity index (χ3n) is 6.82. The van der Waals surface area contributed by atoms with Crippen LogP contribution in [0.3, 0.4) is 0 Å². The van der Waals surface area contributed by atoms with Crippen molar-refractivity contribution in [2.75, 3.05) is 5.73 Å². The molecule has 0 fully saturated rings. The first-order valence-electron chi connectivity index (χ1n) is 11.1. The van der Waals surface area contributed by atoms with Crippen molar-refractivity contribution in [2.24, 2.45) is 0 Å². The van der Waals surface area contributed by atoms with E-state index in [1.165, 1.54) is 33.4 Å². The van der Waals surface area contributed by atoms with Crippen LogP contribution in [0.15, 0.2) is 126 Å². The molecule has 0 aromatic heterocycles. The summed E-state index contributed by atoms with van der Waals surface area (Å²) in [5, 5.41) is 0. The zero-order chi connectivity index (χ0) is 22.4. The summed E-state index contributed by atoms with van der Waals surface area (Å²) in [5.41, 5.74) is 16.7. The third kappa shape index (κ3) is 2.91. The average Bonchev–Trinajstić information content (AvgIpc) is 3.17. The molecule has 158 valence electrons. The van der Waals surface area contributed by atoms with E-state index in [-0.39, 0.29) is 5.41 Å². The van der Waals surface area contributed by atoms with E-state index in [1.807, 2.05) is 12.1 Å². The smallest absolute Gasteiger partial charge is 0.0713 e. The zero-order valence-corrected chi connectivity index (χ0v) is 19.6. The topological polar surface area (TPSA) is 26.0 Å². The van der Waals surface area contributed by atoms with E-state index < -0.39 is 0 Å². The van der Waals surface area contributed by atoms with Crippen LogP contribution in [0.25, 0.3) is 22.3 Å². The van der Waals surface area contributed by atoms with Gasteiger partial charge >= 0.3 is 0 Å². The minimum absolute atomic E-state index is 0.365. The van der Waals surface area contributed by atoms with Crippen LogP contribution in [0.2, 0.25) is 0 Å². The van der Waals surface area contributed by atoms with Crippen LogP contribution in [0.1, 0.15) is 22.3 Å². The average molecular weight is 488 g/mol. The Hall–Kier alpha value is -3.62. The van der Waals surface area contributed by atoms with Gasteiger partial charge < -0.3 is 5.73 Å². The lowest BCUT2D eigenvalue weighted by atomic mass is 9.67. The highest BCUT2D eigenvalue weighted by Gasteiger charge is 2.45. The maximum absolute atomic E-state index is 6.44. The molecule has 0 spiro atoms. The number of nitrogens with two attached hydrogens (primary N) is 1. The monoisotopic (exact) mass is 487 g/mol. The standard InChI is InChI=1S/C31H22BrN/c32-29-17-9-15-24(30(29)33)21-18-19-28-26(20-21)25-14-7-8-16-27(25)31(28,22-10-3-1-4-11-22)23-12-5-2-6-13-23/h1-20H,33H2. The van der Waals surface area contributed by atoms with Gasteiger partial charge in [0.15, 0.2) is 0 Å². The van der Waals surface area contributed by atoms with Crippen LogP contribution in [0.4, 0.5) is 5.69 Å². The summed E-state index contributed by atoms with van der Waals surface area (Å²) in [5.74, 6) is 0. The van der Waals surface area contributed by atoms with Crippen molar-refractivity contribution < 1.29 is 0 Å². The number of halogens is 1. The van der Waals surface area contributed by atoms with Crippen molar-refractivity contribution >= 4 is 21.6 Å². The summed E-state index contributed by atoms with van der Waals surface area (Å²) < 4.78 is 0.920. The molecule has 1 aliphatic rings. The van der Waals surface area contributed by atoms with Crippen molar-refractivity contribution in [3.8, 4) is 22.3 Å². The van der Waals surface area contributed by atoms with E-state index in [2.05, 4.69) is 125 Å². The lowest BCUT2D eigenvalue weighted by Crippen LogP contribution is -2.28. The SMILES string of the molecule is Nc1c(Br)cccc1-c1ccc2c(c1)-c1ccccc1C2(c1ccccc1)c1ccccc1. The molecule has 6 rings (SSSR count). The number of para-hydroxylation sites is 1. The van der Waals surface area contributed by atoms with E-state index in [1.54, 1.807) is 0 Å². The van der Waals surface area contributed by atoms with Crippen molar-refractivity contribution in [3.63, 3.8) is 0 Å². The summed E-state index contributed by atoms with van der Waals surface area (Å²) in [6.45, 7) is 0. The summed E-state index contributed by atoms with van der Waals surface area (Å²) in [7, 11) is 0. The molecule has 1 nitrogen and oxygen atoms in total. The van der Waals surface area contributed by atoms with Crippen molar-refractivity contribution in [2.45, 2.75) is 5.41 Å². The Bertz CT molecular complexity index is 1430. The minimum atomic E-state index is -0.365. The fraction of sp³-hybridized carbons (Fsp3) is 0.0323. The first-order chi connectivity index (χ1) is 16.2. The van der Waals surface area contributed by atoms with Crippen LogP contribution in [-0.2, 0) is 5.41 Å². The van der Waals surface area contributed by atoms with E-state index in [0.29, 0.717) is 0 Å². The van der Waals surface area contributed by atoms with Crippen LogP contribution in [-0.4, -0.2) is 0 Å². The largest absolute Gasteiger partial charge is 0.397 e. The van der Waals surface area contributed by atoms with Crippen molar-refractivity contribution in [3.05, 3.63) is 148 Å². The van der Waals surface area contributed by atoms with Crippen LogP contribution in [0.5, 0.6) is 0 Å². The van der Waals surface area contributed by atoms with E-state index >= 15 is 0 Å². The maximum Gasteiger partial charge on any atom is 0.0713 e. The Morgan fingerprint density at radius 1 is 0.515 bits per heavy atom. The number of fused-ring (bicyclic) bond motifs is 3. The van der Waals surface area contributed by atoms with Crippen LogP contribution >= 0.6 is 15.9 Å². The van der Waals surface area contributed by atoms with Crippen LogP contribution < -0.4 is 5.73 Å². The molecular formula is C31H22BrN. The Balaban J connectivity index is 1.70. The molecule has 0 heterocycles. The molecule has 0 saturated heterocycles. The lowest BCUT2D eigenvalue weighted by molar-refractivity contribution is 0.768. The molecular weight excluding hydrogens is 466 g/mol. The molecule has 0 amide bonds. The molecule has 0 aliphatic heterocycles. The van der Waals surface area contributed by atoms with Gasteiger partial charge in [-0.3, -0.25) is 0 Å². The highest BCUT2D eigenvalue weighted by Crippen LogP contribution is 2.56. The molecule has 5 aromatic rings. The molecule has 1 aliphatic carbocycles. The van der Waals surface area contributed by atoms with Gasteiger partial charge in [0.05, 0.1) is 11.1 Å². The van der Waals surface area contributed by atoms with Gasteiger partial charge in [0.2, 0.25) is 0 Å². The molecule has 0 radical (unpaired) electrons. The van der Waals surface area contributed by atoms with Gasteiger partial charge in [-0.25, -0.2) is 0 Å². The quantitative estimate of drug-likeness (QED) is 0.251. The summed E-state index contributed by atoms with van der Waals surface area (Å²) in [6, 6.07) is 43.4. The predicted octanol–water partition coefficient (Wildman–Crippen LogP) is 8.06. The van der Waals surface area contributed by atoms with E-state index in [9.17, 15) is 0 Å². The molecule has 2 N–H and O–H groups in total. The predicted molar refractivity (Wildman–Crippen MR) is 141 cm³/mol. The number of hydrogen-bond acceptors (Lipinski definition) is 1. The summed E-state index contributed by atoms with van der Waals surface area (Å²) in [4.78, 5) is 0. The van der Waals surface area contributed by atoms with Crippen LogP contribution in [0, 0.1) is 0 Å². The number of nitrogen functional groups attached to an aromatic ring is 1. The number of rotatable bonds is 3. The molecule has 0 bridgehead atoms. The lowest BCUT2D eigenvalue weighted by Gasteiger charge is -2.33. The van der Waals surface area contributed by atoms with E-state index in [0.717, 1.165) is 21.3 Å². The molecule has 0 atom stereocenters. The highest BCUT2D eigenvalue weighted by atomic mass is 79.9. The summed E-state index contributed by atoms with van der Waals surface area (Å²) >= 11 is 3.59. The van der Waals surface area contributed by atoms with E-state index in [4.69, 9.17) is 5.73 Å². The van der Waals surface area contributed by atoms with Gasteiger partial charge in [-0.05, 0) is 67.0 Å². The second-order valence-electron chi connectivity index (χ2n) is 8.49. The van der Waals surface area contributed by atoms with Gasteiger partial charge in [0.25, 0.3) is 0 Å². The first-order valence-corrected chi connectivity index (χ1v) is 11.9. The number of anilines is 1. The molecule has 0 saturated carbocycles. The highest BCUT2D eigenvalue weighted by molar-refractivity contribution is 9.10. The molecule has 0 unspecified atom stereocenters. The van der Waals surface area contributed by atoms with Gasteiger partial charge in [0.1, 0.15) is 0 Å². The van der Waals surface area contributed by atoms with Gasteiger partial charge in [-0.1, -0.05) is 109 Å². The Morgan fingerprint density at radius 3 is 1.79 bits per heavy atom. The maximum atomic E-state index is 6.44. The number of benzene rings is 5. The first kappa shape index (κ1) is 20.0. The fourth-order valence-electron chi connectivity index (χ4n) is 5.41. The summed E-state index contributed by atoms with van der Waals surface area (Å²) in [6.07, 6.45) is 0. The Labute approximate surface area is 202 Å². The minimum Gasteiger partial charge on any atom is -0.397 e. The Kier molecular flexibility index (Phi) is 4.70. The second-order valence-corrected chi connectivity index (χ2v) is 9.34. The normalized spacial score (nSPS) is 13.4. The van der Waals surface area contributed by atoms with Crippen molar-refractivity contribution in [1.29, 1.82) is 0 Å². The molecule has 5 aromatic carbocycles. The molecule has 33 heavy (non-hydrogen) atoms. The van der Waals surface area contributed by atoms with Gasteiger partial charge in [-0.2, -0.15) is 0 Å². The fourth-order valence-corrected chi connectivity index (χ4v) is 5.77. The number of hydrogen-bond donors (Lipinski definition) is 1. The molecule has 2 heteroatoms. The van der Waals surface area contributed by atoms with Gasteiger partial charge in [-0.15, -0.1) is 0 Å². The second kappa shape index (κ2) is 7.75. The van der Waals surface area contributed by atoms with Gasteiger partial charge in [0, 0.05) is 10.0 Å². The third-order valence-corrected chi connectivity index (χ3v) is 7.51. The zero-order valence-electron chi connectivity index (χ0n) is 18.0. The van der Waals surface area contributed by atoms with Crippen molar-refractivity contribution in [1.82, 2.24) is 0 Å². The Morgan fingerprint density at radius 2 is 1.09 bits per heavy atom.